The highest BCUT2D eigenvalue weighted by molar-refractivity contribution is 5.88. The molecule has 1 fully saturated rings. The van der Waals surface area contributed by atoms with Crippen molar-refractivity contribution in [2.45, 2.75) is 50.5 Å². The number of nitrogens with one attached hydrogen (secondary N) is 1. The Morgan fingerprint density at radius 3 is 2.62 bits per heavy atom. The van der Waals surface area contributed by atoms with Crippen LogP contribution in [0.5, 0.6) is 0 Å². The molecule has 1 aliphatic rings. The minimum absolute atomic E-state index is 0.184. The molecule has 138 valence electrons. The molecule has 0 saturated heterocycles. The van der Waals surface area contributed by atoms with Crippen molar-refractivity contribution < 1.29 is 18.7 Å². The third-order valence-corrected chi connectivity index (χ3v) is 4.84. The largest absolute Gasteiger partial charge is 0.467 e. The summed E-state index contributed by atoms with van der Waals surface area (Å²) in [4.78, 5) is 28.8. The number of oxazole rings is 1. The van der Waals surface area contributed by atoms with E-state index in [1.165, 1.54) is 7.11 Å². The number of benzene rings is 1. The van der Waals surface area contributed by atoms with Crippen molar-refractivity contribution in [1.82, 2.24) is 10.3 Å². The van der Waals surface area contributed by atoms with Crippen LogP contribution in [0.3, 0.4) is 0 Å². The molecular weight excluding hydrogens is 332 g/mol. The fourth-order valence-corrected chi connectivity index (χ4v) is 3.44. The summed E-state index contributed by atoms with van der Waals surface area (Å²) in [5.74, 6) is 0.652. The molecule has 1 N–H and O–H groups in total. The standard InChI is InChI=1S/C20H24N2O4/c1-25-19(24)20(12-6-3-7-13-20)22-17(23)10-11-18-21-14-16(26-18)15-8-4-2-5-9-15/h2,4-5,8-9,14H,3,6-7,10-13H2,1H3,(H,22,23). The van der Waals surface area contributed by atoms with Gasteiger partial charge in [0.1, 0.15) is 5.54 Å². The number of amides is 1. The van der Waals surface area contributed by atoms with Crippen LogP contribution in [0.15, 0.2) is 40.9 Å². The van der Waals surface area contributed by atoms with Gasteiger partial charge in [-0.05, 0) is 12.8 Å². The molecule has 0 spiro atoms. The first-order valence-electron chi connectivity index (χ1n) is 9.02. The molecule has 2 aromatic rings. The fraction of sp³-hybridized carbons (Fsp3) is 0.450. The lowest BCUT2D eigenvalue weighted by atomic mass is 9.81. The van der Waals surface area contributed by atoms with Crippen molar-refractivity contribution in [2.75, 3.05) is 7.11 Å². The maximum atomic E-state index is 12.4. The summed E-state index contributed by atoms with van der Waals surface area (Å²) < 4.78 is 10.6. The van der Waals surface area contributed by atoms with E-state index in [4.69, 9.17) is 9.15 Å². The zero-order chi connectivity index (χ0) is 18.4. The van der Waals surface area contributed by atoms with Crippen LogP contribution in [-0.2, 0) is 20.7 Å². The number of ether oxygens (including phenoxy) is 1. The van der Waals surface area contributed by atoms with Gasteiger partial charge in [0.05, 0.1) is 13.3 Å². The van der Waals surface area contributed by atoms with Gasteiger partial charge in [0.25, 0.3) is 0 Å². The predicted octanol–water partition coefficient (Wildman–Crippen LogP) is 3.27. The molecule has 3 rings (SSSR count). The molecule has 1 aromatic heterocycles. The number of aryl methyl sites for hydroxylation is 1. The van der Waals surface area contributed by atoms with Crippen LogP contribution in [0.4, 0.5) is 0 Å². The van der Waals surface area contributed by atoms with Crippen LogP contribution in [0.25, 0.3) is 11.3 Å². The van der Waals surface area contributed by atoms with Gasteiger partial charge in [0.15, 0.2) is 11.7 Å². The average molecular weight is 356 g/mol. The predicted molar refractivity (Wildman–Crippen MR) is 96.2 cm³/mol. The number of methoxy groups -OCH3 is 1. The molecule has 1 aliphatic carbocycles. The maximum Gasteiger partial charge on any atom is 0.331 e. The van der Waals surface area contributed by atoms with Crippen LogP contribution < -0.4 is 5.32 Å². The first-order valence-corrected chi connectivity index (χ1v) is 9.02. The topological polar surface area (TPSA) is 81.4 Å². The Hall–Kier alpha value is -2.63. The van der Waals surface area contributed by atoms with Gasteiger partial charge in [0.2, 0.25) is 5.91 Å². The summed E-state index contributed by atoms with van der Waals surface area (Å²) in [5, 5.41) is 2.91. The third-order valence-electron chi connectivity index (χ3n) is 4.84. The SMILES string of the molecule is COC(=O)C1(NC(=O)CCc2ncc(-c3ccccc3)o2)CCCCC1. The number of aromatic nitrogens is 1. The Morgan fingerprint density at radius 1 is 1.19 bits per heavy atom. The van der Waals surface area contributed by atoms with E-state index in [2.05, 4.69) is 10.3 Å². The second-order valence-electron chi connectivity index (χ2n) is 6.67. The summed E-state index contributed by atoms with van der Waals surface area (Å²) in [6.07, 6.45) is 6.42. The van der Waals surface area contributed by atoms with Crippen LogP contribution in [0, 0.1) is 0 Å². The van der Waals surface area contributed by atoms with Gasteiger partial charge in [-0.3, -0.25) is 4.79 Å². The molecule has 0 bridgehead atoms. The van der Waals surface area contributed by atoms with Gasteiger partial charge in [-0.25, -0.2) is 9.78 Å². The summed E-state index contributed by atoms with van der Waals surface area (Å²) in [6, 6.07) is 9.69. The molecule has 6 nitrogen and oxygen atoms in total. The molecule has 1 amide bonds. The maximum absolute atomic E-state index is 12.4. The van der Waals surface area contributed by atoms with E-state index >= 15 is 0 Å². The Kier molecular flexibility index (Phi) is 5.71. The van der Waals surface area contributed by atoms with Crippen LogP contribution >= 0.6 is 0 Å². The molecule has 1 aromatic carbocycles. The molecule has 0 aliphatic heterocycles. The fourth-order valence-electron chi connectivity index (χ4n) is 3.44. The van der Waals surface area contributed by atoms with Gasteiger partial charge < -0.3 is 14.5 Å². The molecular formula is C20H24N2O4. The second-order valence-corrected chi connectivity index (χ2v) is 6.67. The lowest BCUT2D eigenvalue weighted by molar-refractivity contribution is -0.152. The molecule has 1 saturated carbocycles. The van der Waals surface area contributed by atoms with E-state index in [-0.39, 0.29) is 18.3 Å². The zero-order valence-electron chi connectivity index (χ0n) is 15.0. The Morgan fingerprint density at radius 2 is 1.92 bits per heavy atom. The normalized spacial score (nSPS) is 16.0. The molecule has 1 heterocycles. The average Bonchev–Trinajstić information content (AvgIpc) is 3.16. The van der Waals surface area contributed by atoms with E-state index in [9.17, 15) is 9.59 Å². The lowest BCUT2D eigenvalue weighted by Gasteiger charge is -2.35. The summed E-state index contributed by atoms with van der Waals surface area (Å²) in [5.41, 5.74) is 0.0677. The van der Waals surface area contributed by atoms with Crippen LogP contribution in [0.2, 0.25) is 0 Å². The van der Waals surface area contributed by atoms with Crippen molar-refractivity contribution in [2.24, 2.45) is 0 Å². The van der Waals surface area contributed by atoms with E-state index in [0.29, 0.717) is 30.9 Å². The van der Waals surface area contributed by atoms with Crippen LogP contribution in [-0.4, -0.2) is 29.5 Å². The number of rotatable bonds is 6. The number of esters is 1. The Balaban J connectivity index is 1.58. The van der Waals surface area contributed by atoms with Crippen LogP contribution in [0.1, 0.15) is 44.4 Å². The first kappa shape index (κ1) is 18.2. The molecule has 6 heteroatoms. The van der Waals surface area contributed by atoms with Gasteiger partial charge in [0, 0.05) is 18.4 Å². The number of hydrogen-bond donors (Lipinski definition) is 1. The highest BCUT2D eigenvalue weighted by Crippen LogP contribution is 2.29. The van der Waals surface area contributed by atoms with E-state index in [0.717, 1.165) is 24.8 Å². The highest BCUT2D eigenvalue weighted by atomic mass is 16.5. The monoisotopic (exact) mass is 356 g/mol. The second kappa shape index (κ2) is 8.17. The van der Waals surface area contributed by atoms with Gasteiger partial charge in [-0.2, -0.15) is 0 Å². The minimum atomic E-state index is -0.879. The minimum Gasteiger partial charge on any atom is -0.467 e. The van der Waals surface area contributed by atoms with Gasteiger partial charge >= 0.3 is 5.97 Å². The summed E-state index contributed by atoms with van der Waals surface area (Å²) >= 11 is 0. The zero-order valence-corrected chi connectivity index (χ0v) is 15.0. The number of carbonyl (C=O) groups excluding carboxylic acids is 2. The lowest BCUT2D eigenvalue weighted by Crippen LogP contribution is -2.56. The molecule has 0 radical (unpaired) electrons. The summed E-state index contributed by atoms with van der Waals surface area (Å²) in [6.45, 7) is 0. The van der Waals surface area contributed by atoms with E-state index in [1.807, 2.05) is 30.3 Å². The van der Waals surface area contributed by atoms with E-state index in [1.54, 1.807) is 6.20 Å². The van der Waals surface area contributed by atoms with Crippen molar-refractivity contribution in [1.29, 1.82) is 0 Å². The third kappa shape index (κ3) is 4.12. The smallest absolute Gasteiger partial charge is 0.331 e. The molecule has 0 unspecified atom stereocenters. The van der Waals surface area contributed by atoms with Crippen molar-refractivity contribution in [3.63, 3.8) is 0 Å². The van der Waals surface area contributed by atoms with Crippen molar-refractivity contribution in [3.05, 3.63) is 42.4 Å². The van der Waals surface area contributed by atoms with E-state index < -0.39 is 5.54 Å². The van der Waals surface area contributed by atoms with Crippen molar-refractivity contribution >= 4 is 11.9 Å². The molecule has 26 heavy (non-hydrogen) atoms. The van der Waals surface area contributed by atoms with Gasteiger partial charge in [-0.15, -0.1) is 0 Å². The highest BCUT2D eigenvalue weighted by Gasteiger charge is 2.41. The Bertz CT molecular complexity index is 748. The first-order chi connectivity index (χ1) is 12.6. The molecule has 0 atom stereocenters. The Labute approximate surface area is 152 Å². The van der Waals surface area contributed by atoms with Gasteiger partial charge in [-0.1, -0.05) is 49.6 Å². The number of hydrogen-bond acceptors (Lipinski definition) is 5. The summed E-state index contributed by atoms with van der Waals surface area (Å²) in [7, 11) is 1.36. The number of carbonyl (C=O) groups is 2. The van der Waals surface area contributed by atoms with Crippen molar-refractivity contribution in [3.8, 4) is 11.3 Å². The quantitative estimate of drug-likeness (QED) is 0.804. The number of nitrogens with zero attached hydrogens (tertiary/aromatic N) is 1.